The lowest BCUT2D eigenvalue weighted by molar-refractivity contribution is -0.144. The molecule has 1 aromatic carbocycles. The van der Waals surface area contributed by atoms with E-state index in [0.717, 1.165) is 12.5 Å². The van der Waals surface area contributed by atoms with E-state index in [1.54, 1.807) is 7.05 Å². The molecule has 0 bridgehead atoms. The van der Waals surface area contributed by atoms with Crippen molar-refractivity contribution in [3.63, 3.8) is 0 Å². The molecular weight excluding hydrogens is 417 g/mol. The van der Waals surface area contributed by atoms with E-state index in [2.05, 4.69) is 46.0 Å². The number of nitrogens with zero attached hydrogens (tertiary/aromatic N) is 1. The lowest BCUT2D eigenvalue weighted by Gasteiger charge is -2.43. The lowest BCUT2D eigenvalue weighted by atomic mass is 9.64. The van der Waals surface area contributed by atoms with Gasteiger partial charge in [-0.3, -0.25) is 9.79 Å². The van der Waals surface area contributed by atoms with E-state index in [9.17, 15) is 4.79 Å². The molecule has 24 heavy (non-hydrogen) atoms. The van der Waals surface area contributed by atoms with Gasteiger partial charge in [0.2, 0.25) is 0 Å². The highest BCUT2D eigenvalue weighted by Crippen LogP contribution is 2.43. The number of esters is 1. The van der Waals surface area contributed by atoms with Crippen LogP contribution >= 0.6 is 24.0 Å². The van der Waals surface area contributed by atoms with Crippen LogP contribution < -0.4 is 10.6 Å². The van der Waals surface area contributed by atoms with Gasteiger partial charge in [0.25, 0.3) is 0 Å². The molecule has 0 amide bonds. The summed E-state index contributed by atoms with van der Waals surface area (Å²) in [5, 5.41) is 6.60. The highest BCUT2D eigenvalue weighted by atomic mass is 127. The Bertz CT molecular complexity index is 544. The van der Waals surface area contributed by atoms with Crippen LogP contribution in [0.1, 0.15) is 31.7 Å². The summed E-state index contributed by atoms with van der Waals surface area (Å²) in [7, 11) is 3.15. The van der Waals surface area contributed by atoms with Crippen LogP contribution in [0.25, 0.3) is 0 Å². The van der Waals surface area contributed by atoms with Gasteiger partial charge in [0.15, 0.2) is 5.96 Å². The zero-order chi connectivity index (χ0) is 16.7. The molecule has 0 aromatic heterocycles. The van der Waals surface area contributed by atoms with Crippen LogP contribution in [0.3, 0.4) is 0 Å². The first kappa shape index (κ1) is 20.7. The number of nitrogens with one attached hydrogen (secondary N) is 2. The Hall–Kier alpha value is -1.31. The summed E-state index contributed by atoms with van der Waals surface area (Å²) in [5.41, 5.74) is 1.59. The molecule has 0 radical (unpaired) electrons. The van der Waals surface area contributed by atoms with Gasteiger partial charge < -0.3 is 15.4 Å². The maximum Gasteiger partial charge on any atom is 0.310 e. The van der Waals surface area contributed by atoms with Gasteiger partial charge in [-0.15, -0.1) is 24.0 Å². The van der Waals surface area contributed by atoms with Gasteiger partial charge in [0, 0.05) is 25.6 Å². The molecule has 5 nitrogen and oxygen atoms in total. The highest BCUT2D eigenvalue weighted by Gasteiger charge is 2.38. The number of benzene rings is 1. The molecule has 1 unspecified atom stereocenters. The minimum Gasteiger partial charge on any atom is -0.469 e. The second-order valence-electron chi connectivity index (χ2n) is 6.23. The van der Waals surface area contributed by atoms with Crippen molar-refractivity contribution in [1.82, 2.24) is 10.6 Å². The smallest absolute Gasteiger partial charge is 0.310 e. The van der Waals surface area contributed by atoms with Crippen molar-refractivity contribution in [1.29, 1.82) is 0 Å². The number of guanidine groups is 1. The van der Waals surface area contributed by atoms with E-state index < -0.39 is 0 Å². The van der Waals surface area contributed by atoms with E-state index in [4.69, 9.17) is 4.74 Å². The van der Waals surface area contributed by atoms with Crippen LogP contribution in [0.15, 0.2) is 35.3 Å². The molecule has 1 aliphatic carbocycles. The summed E-state index contributed by atoms with van der Waals surface area (Å²) < 4.78 is 4.74. The Morgan fingerprint density at radius 1 is 1.29 bits per heavy atom. The van der Waals surface area contributed by atoms with Crippen LogP contribution in [-0.4, -0.2) is 39.2 Å². The molecule has 0 heterocycles. The van der Waals surface area contributed by atoms with Gasteiger partial charge in [-0.2, -0.15) is 0 Å². The van der Waals surface area contributed by atoms with E-state index in [-0.39, 0.29) is 41.3 Å². The lowest BCUT2D eigenvalue weighted by Crippen LogP contribution is -2.49. The minimum atomic E-state index is -0.215. The maximum absolute atomic E-state index is 11.4. The fraction of sp³-hybridized carbons (Fsp3) is 0.556. The Morgan fingerprint density at radius 2 is 1.96 bits per heavy atom. The van der Waals surface area contributed by atoms with E-state index >= 15 is 0 Å². The van der Waals surface area contributed by atoms with Crippen molar-refractivity contribution in [3.8, 4) is 0 Å². The minimum absolute atomic E-state index is 0. The normalized spacial score (nSPS) is 17.0. The number of ether oxygens (including phenoxy) is 1. The first-order valence-corrected chi connectivity index (χ1v) is 8.19. The van der Waals surface area contributed by atoms with Gasteiger partial charge >= 0.3 is 5.97 Å². The number of hydrogen-bond acceptors (Lipinski definition) is 3. The number of carbonyl (C=O) groups is 1. The van der Waals surface area contributed by atoms with Gasteiger partial charge in [-0.05, 0) is 18.4 Å². The average molecular weight is 445 g/mol. The summed E-state index contributed by atoms with van der Waals surface area (Å²) in [6, 6.07) is 10.7. The largest absolute Gasteiger partial charge is 0.469 e. The predicted molar refractivity (Wildman–Crippen MR) is 108 cm³/mol. The summed E-state index contributed by atoms with van der Waals surface area (Å²) in [4.78, 5) is 15.7. The highest BCUT2D eigenvalue weighted by molar-refractivity contribution is 14.0. The number of methoxy groups -OCH3 is 1. The van der Waals surface area contributed by atoms with E-state index in [1.165, 1.54) is 31.9 Å². The number of hydrogen-bond donors (Lipinski definition) is 2. The van der Waals surface area contributed by atoms with Crippen molar-refractivity contribution >= 4 is 35.9 Å². The maximum atomic E-state index is 11.4. The van der Waals surface area contributed by atoms with Crippen molar-refractivity contribution in [2.24, 2.45) is 10.9 Å². The molecule has 0 saturated heterocycles. The summed E-state index contributed by atoms with van der Waals surface area (Å²) >= 11 is 0. The molecule has 1 aromatic rings. The van der Waals surface area contributed by atoms with Crippen molar-refractivity contribution in [2.45, 2.75) is 31.6 Å². The molecule has 2 N–H and O–H groups in total. The molecule has 2 rings (SSSR count). The van der Waals surface area contributed by atoms with Crippen LogP contribution in [0.5, 0.6) is 0 Å². The van der Waals surface area contributed by atoms with Gasteiger partial charge in [0.05, 0.1) is 13.0 Å². The number of halogens is 1. The fourth-order valence-corrected chi connectivity index (χ4v) is 2.97. The predicted octanol–water partition coefficient (Wildman–Crippen LogP) is 2.70. The Morgan fingerprint density at radius 3 is 2.46 bits per heavy atom. The third kappa shape index (κ3) is 5.09. The van der Waals surface area contributed by atoms with E-state index in [1.807, 2.05) is 6.92 Å². The SMILES string of the molecule is CN=C(NCC(C)C(=O)OC)NCC1(c2ccccc2)CCC1.I. The monoisotopic (exact) mass is 445 g/mol. The van der Waals surface area contributed by atoms with Crippen LogP contribution in [-0.2, 0) is 14.9 Å². The van der Waals surface area contributed by atoms with Gasteiger partial charge in [-0.1, -0.05) is 43.7 Å². The molecule has 1 atom stereocenters. The molecule has 0 spiro atoms. The third-order valence-corrected chi connectivity index (χ3v) is 4.69. The Kier molecular flexibility index (Phi) is 8.52. The molecule has 1 saturated carbocycles. The Balaban J connectivity index is 0.00000288. The topological polar surface area (TPSA) is 62.7 Å². The van der Waals surface area contributed by atoms with Crippen molar-refractivity contribution < 1.29 is 9.53 Å². The molecule has 134 valence electrons. The zero-order valence-electron chi connectivity index (χ0n) is 14.7. The molecule has 1 aliphatic rings. The van der Waals surface area contributed by atoms with Gasteiger partial charge in [0.1, 0.15) is 0 Å². The van der Waals surface area contributed by atoms with E-state index in [0.29, 0.717) is 6.54 Å². The van der Waals surface area contributed by atoms with Crippen LogP contribution in [0, 0.1) is 5.92 Å². The zero-order valence-corrected chi connectivity index (χ0v) is 17.0. The first-order valence-electron chi connectivity index (χ1n) is 8.19. The number of carbonyl (C=O) groups excluding carboxylic acids is 1. The standard InChI is InChI=1S/C18H27N3O2.HI/c1-14(16(22)23-3)12-20-17(19-2)21-13-18(10-7-11-18)15-8-5-4-6-9-15;/h4-6,8-9,14H,7,10-13H2,1-3H3,(H2,19,20,21);1H. The molecule has 6 heteroatoms. The van der Waals surface area contributed by atoms with Crippen LogP contribution in [0.2, 0.25) is 0 Å². The summed E-state index contributed by atoms with van der Waals surface area (Å²) in [6.45, 7) is 3.19. The summed E-state index contributed by atoms with van der Waals surface area (Å²) in [5.74, 6) is 0.306. The number of aliphatic imine (C=N–C) groups is 1. The quantitative estimate of drug-likeness (QED) is 0.306. The van der Waals surface area contributed by atoms with Gasteiger partial charge in [-0.25, -0.2) is 0 Å². The number of rotatable bonds is 6. The Labute approximate surface area is 161 Å². The molecule has 1 fully saturated rings. The van der Waals surface area contributed by atoms with Crippen molar-refractivity contribution in [3.05, 3.63) is 35.9 Å². The second-order valence-corrected chi connectivity index (χ2v) is 6.23. The molecular formula is C18H28IN3O2. The van der Waals surface area contributed by atoms with Crippen LogP contribution in [0.4, 0.5) is 0 Å². The van der Waals surface area contributed by atoms with Crippen molar-refractivity contribution in [2.75, 3.05) is 27.2 Å². The average Bonchev–Trinajstić information content (AvgIpc) is 2.56. The first-order chi connectivity index (χ1) is 11.1. The molecule has 0 aliphatic heterocycles. The fourth-order valence-electron chi connectivity index (χ4n) is 2.97. The third-order valence-electron chi connectivity index (χ3n) is 4.69. The second kappa shape index (κ2) is 9.86. The summed E-state index contributed by atoms with van der Waals surface area (Å²) in [6.07, 6.45) is 3.65.